The van der Waals surface area contributed by atoms with Crippen molar-refractivity contribution in [2.75, 3.05) is 25.0 Å². The predicted octanol–water partition coefficient (Wildman–Crippen LogP) is 3.78. The maximum Gasteiger partial charge on any atom is 0.148 e. The lowest BCUT2D eigenvalue weighted by molar-refractivity contribution is -0.941. The first-order valence-electron chi connectivity index (χ1n) is 9.77. The van der Waals surface area contributed by atoms with Gasteiger partial charge in [0.05, 0.1) is 18.5 Å². The van der Waals surface area contributed by atoms with E-state index < -0.39 is 0 Å². The summed E-state index contributed by atoms with van der Waals surface area (Å²) in [7, 11) is 0. The van der Waals surface area contributed by atoms with Crippen LogP contribution in [0, 0.1) is 5.92 Å². The third-order valence-electron chi connectivity index (χ3n) is 7.53. The van der Waals surface area contributed by atoms with Crippen LogP contribution in [0.15, 0.2) is 47.2 Å². The SMILES string of the molecule is C/C=C1/C[N+]2(CCC)CC[C@@]34C(=C(C=O)[C@H]1C[C@@H]32)Nc1ccccc14. The number of allylic oxidation sites excluding steroid dienone is 2. The molecule has 3 aliphatic heterocycles. The number of benzene rings is 1. The molecule has 1 aliphatic carbocycles. The number of nitrogens with one attached hydrogen (secondary N) is 1. The second-order valence-corrected chi connectivity index (χ2v) is 8.33. The molecule has 25 heavy (non-hydrogen) atoms. The number of fused-ring (bicyclic) bond motifs is 2. The molecule has 0 aromatic heterocycles. The van der Waals surface area contributed by atoms with Gasteiger partial charge >= 0.3 is 0 Å². The highest BCUT2D eigenvalue weighted by molar-refractivity contribution is 5.84. The summed E-state index contributed by atoms with van der Waals surface area (Å²) in [5.41, 5.74) is 6.44. The van der Waals surface area contributed by atoms with Gasteiger partial charge in [0.15, 0.2) is 0 Å². The molecule has 1 aromatic rings. The predicted molar refractivity (Wildman–Crippen MR) is 100 cm³/mol. The molecule has 0 saturated carbocycles. The van der Waals surface area contributed by atoms with E-state index in [4.69, 9.17) is 0 Å². The molecular weight excluding hydrogens is 308 g/mol. The molecule has 4 atom stereocenters. The topological polar surface area (TPSA) is 29.1 Å². The van der Waals surface area contributed by atoms with Crippen molar-refractivity contribution >= 4 is 12.0 Å². The fourth-order valence-corrected chi connectivity index (χ4v) is 6.68. The summed E-state index contributed by atoms with van der Waals surface area (Å²) in [6.07, 6.45) is 6.96. The summed E-state index contributed by atoms with van der Waals surface area (Å²) in [5.74, 6) is 0.318. The van der Waals surface area contributed by atoms with Crippen molar-refractivity contribution in [2.24, 2.45) is 5.92 Å². The Hall–Kier alpha value is -1.87. The molecule has 1 aromatic carbocycles. The maximum absolute atomic E-state index is 12.2. The number of carbonyl (C=O) groups excluding carboxylic acids is 1. The smallest absolute Gasteiger partial charge is 0.148 e. The van der Waals surface area contributed by atoms with E-state index in [2.05, 4.69) is 49.5 Å². The van der Waals surface area contributed by atoms with E-state index >= 15 is 0 Å². The fourth-order valence-electron chi connectivity index (χ4n) is 6.68. The van der Waals surface area contributed by atoms with Gasteiger partial charge in [0, 0.05) is 35.7 Å². The van der Waals surface area contributed by atoms with Crippen LogP contribution in [0.2, 0.25) is 0 Å². The minimum absolute atomic E-state index is 0.0395. The highest BCUT2D eigenvalue weighted by Gasteiger charge is 2.68. The van der Waals surface area contributed by atoms with Gasteiger partial charge < -0.3 is 9.80 Å². The summed E-state index contributed by atoms with van der Waals surface area (Å²) in [6, 6.07) is 9.36. The van der Waals surface area contributed by atoms with Crippen LogP contribution < -0.4 is 5.32 Å². The molecule has 1 spiro atoms. The zero-order valence-electron chi connectivity index (χ0n) is 15.2. The summed E-state index contributed by atoms with van der Waals surface area (Å²) in [5, 5.41) is 3.70. The Labute approximate surface area is 150 Å². The lowest BCUT2D eigenvalue weighted by Crippen LogP contribution is -2.63. The minimum Gasteiger partial charge on any atom is -0.357 e. The van der Waals surface area contributed by atoms with Crippen molar-refractivity contribution in [3.05, 3.63) is 52.7 Å². The minimum atomic E-state index is 0.0395. The monoisotopic (exact) mass is 335 g/mol. The Morgan fingerprint density at radius 1 is 1.36 bits per heavy atom. The number of para-hydroxylation sites is 1. The summed E-state index contributed by atoms with van der Waals surface area (Å²) < 4.78 is 1.22. The average Bonchev–Trinajstić information content (AvgIpc) is 3.16. The molecule has 1 N–H and O–H groups in total. The third kappa shape index (κ3) is 1.68. The second kappa shape index (κ2) is 5.07. The Kier molecular flexibility index (Phi) is 3.12. The number of hydrogen-bond acceptors (Lipinski definition) is 2. The molecule has 2 fully saturated rings. The van der Waals surface area contributed by atoms with E-state index in [1.807, 2.05) is 0 Å². The van der Waals surface area contributed by atoms with Crippen LogP contribution >= 0.6 is 0 Å². The van der Waals surface area contributed by atoms with Gasteiger partial charge in [-0.25, -0.2) is 0 Å². The number of piperidine rings is 1. The molecule has 5 rings (SSSR count). The largest absolute Gasteiger partial charge is 0.357 e. The maximum atomic E-state index is 12.2. The summed E-state index contributed by atoms with van der Waals surface area (Å²) in [6.45, 7) is 8.08. The molecule has 1 unspecified atom stereocenters. The number of anilines is 1. The Balaban J connectivity index is 1.81. The van der Waals surface area contributed by atoms with Crippen LogP contribution in [0.25, 0.3) is 0 Å². The highest BCUT2D eigenvalue weighted by Crippen LogP contribution is 2.63. The van der Waals surface area contributed by atoms with Crippen LogP contribution in [0.4, 0.5) is 5.69 Å². The molecule has 3 nitrogen and oxygen atoms in total. The van der Waals surface area contributed by atoms with Crippen molar-refractivity contribution in [2.45, 2.75) is 44.6 Å². The highest BCUT2D eigenvalue weighted by atomic mass is 16.1. The normalized spacial score (nSPS) is 39.2. The van der Waals surface area contributed by atoms with Crippen LogP contribution in [-0.2, 0) is 10.2 Å². The van der Waals surface area contributed by atoms with E-state index in [1.54, 1.807) is 0 Å². The number of aldehydes is 1. The van der Waals surface area contributed by atoms with Crippen molar-refractivity contribution in [3.63, 3.8) is 0 Å². The first-order valence-corrected chi connectivity index (χ1v) is 9.77. The summed E-state index contributed by atoms with van der Waals surface area (Å²) >= 11 is 0. The molecule has 2 bridgehead atoms. The van der Waals surface area contributed by atoms with Crippen LogP contribution in [0.1, 0.15) is 38.7 Å². The van der Waals surface area contributed by atoms with Crippen molar-refractivity contribution < 1.29 is 9.28 Å². The van der Waals surface area contributed by atoms with Gasteiger partial charge in [-0.1, -0.05) is 31.2 Å². The van der Waals surface area contributed by atoms with E-state index in [-0.39, 0.29) is 5.41 Å². The number of rotatable bonds is 3. The van der Waals surface area contributed by atoms with Crippen LogP contribution in [-0.4, -0.2) is 36.4 Å². The van der Waals surface area contributed by atoms with Gasteiger partial charge in [0.1, 0.15) is 18.9 Å². The van der Waals surface area contributed by atoms with Gasteiger partial charge in [-0.05, 0) is 30.5 Å². The van der Waals surface area contributed by atoms with E-state index in [0.717, 1.165) is 31.2 Å². The zero-order chi connectivity index (χ0) is 17.2. The molecule has 2 saturated heterocycles. The molecule has 3 heteroatoms. The Bertz CT molecular complexity index is 823. The third-order valence-corrected chi connectivity index (χ3v) is 7.53. The van der Waals surface area contributed by atoms with Crippen LogP contribution in [0.5, 0.6) is 0 Å². The standard InChI is InChI=1S/C22H26N2O/c1-3-10-24-11-9-22-18-7-5-6-8-19(18)23-21(22)17(14-25)16(12-20(22)24)15(4-2)13-24/h4-8,14,16,20H,3,9-13H2,1-2H3/p+1/b15-4-/t16-,20-,22-,24?/m0/s1. The fraction of sp³-hybridized carbons (Fsp3) is 0.500. The Morgan fingerprint density at radius 3 is 2.96 bits per heavy atom. The first-order chi connectivity index (χ1) is 12.2. The molecule has 0 amide bonds. The van der Waals surface area contributed by atoms with Crippen molar-refractivity contribution in [1.29, 1.82) is 0 Å². The molecular formula is C22H27N2O+. The van der Waals surface area contributed by atoms with Gasteiger partial charge in [-0.3, -0.25) is 4.79 Å². The average molecular weight is 335 g/mol. The molecule has 4 aliphatic rings. The van der Waals surface area contributed by atoms with Gasteiger partial charge in [0.2, 0.25) is 0 Å². The van der Waals surface area contributed by atoms with Crippen molar-refractivity contribution in [3.8, 4) is 0 Å². The van der Waals surface area contributed by atoms with Crippen LogP contribution in [0.3, 0.4) is 0 Å². The molecule has 3 heterocycles. The molecule has 130 valence electrons. The second-order valence-electron chi connectivity index (χ2n) is 8.33. The van der Waals surface area contributed by atoms with Gasteiger partial charge in [0.25, 0.3) is 0 Å². The number of nitrogens with zero attached hydrogens (tertiary/aromatic N) is 1. The zero-order valence-corrected chi connectivity index (χ0v) is 15.2. The first kappa shape index (κ1) is 15.4. The number of quaternary nitrogens is 1. The quantitative estimate of drug-likeness (QED) is 0.517. The number of hydrogen-bond donors (Lipinski definition) is 1. The van der Waals surface area contributed by atoms with E-state index in [9.17, 15) is 4.79 Å². The summed E-state index contributed by atoms with van der Waals surface area (Å²) in [4.78, 5) is 12.2. The van der Waals surface area contributed by atoms with E-state index in [1.165, 1.54) is 46.5 Å². The molecule has 0 radical (unpaired) electrons. The van der Waals surface area contributed by atoms with Gasteiger partial charge in [-0.15, -0.1) is 0 Å². The van der Waals surface area contributed by atoms with Gasteiger partial charge in [-0.2, -0.15) is 0 Å². The van der Waals surface area contributed by atoms with Crippen molar-refractivity contribution in [1.82, 2.24) is 0 Å². The Morgan fingerprint density at radius 2 is 2.20 bits per heavy atom. The lowest BCUT2D eigenvalue weighted by Gasteiger charge is -2.53. The number of carbonyl (C=O) groups is 1. The lowest BCUT2D eigenvalue weighted by atomic mass is 9.61. The van der Waals surface area contributed by atoms with E-state index in [0.29, 0.717) is 12.0 Å².